The van der Waals surface area contributed by atoms with Crippen molar-refractivity contribution in [2.45, 2.75) is 6.10 Å². The van der Waals surface area contributed by atoms with E-state index in [0.717, 1.165) is 13.1 Å². The second-order valence-corrected chi connectivity index (χ2v) is 6.92. The van der Waals surface area contributed by atoms with Crippen LogP contribution in [0.4, 0.5) is 15.9 Å². The number of pyridine rings is 1. The van der Waals surface area contributed by atoms with Crippen LogP contribution in [0.15, 0.2) is 36.7 Å². The highest BCUT2D eigenvalue weighted by Crippen LogP contribution is 2.28. The molecule has 3 aromatic rings. The minimum absolute atomic E-state index is 0.0581. The van der Waals surface area contributed by atoms with E-state index in [1.165, 1.54) is 6.07 Å². The summed E-state index contributed by atoms with van der Waals surface area (Å²) in [4.78, 5) is 15.3. The first kappa shape index (κ1) is 18.5. The number of halogens is 1. The Bertz CT molecular complexity index is 974. The van der Waals surface area contributed by atoms with Gasteiger partial charge in [0.15, 0.2) is 5.82 Å². The van der Waals surface area contributed by atoms with Gasteiger partial charge in [-0.15, -0.1) is 0 Å². The summed E-state index contributed by atoms with van der Waals surface area (Å²) in [5, 5.41) is 6.64. The summed E-state index contributed by atoms with van der Waals surface area (Å²) in [5.74, 6) is 0.326. The van der Waals surface area contributed by atoms with E-state index in [1.54, 1.807) is 23.4 Å². The standard InChI is InChI=1S/C20H23FN6O/c1-27(2)18-4-3-13(9-15(18)21)16-10-17-19(24-6-5-23-17)20(26-16)25-12-14-11-22-7-8-28-14/h3-6,9-10,14,22H,7-8,11-12H2,1-2H3,(H,25,26)/t14-/m0/s1. The van der Waals surface area contributed by atoms with E-state index < -0.39 is 0 Å². The lowest BCUT2D eigenvalue weighted by atomic mass is 10.1. The van der Waals surface area contributed by atoms with Crippen molar-refractivity contribution in [3.63, 3.8) is 0 Å². The maximum atomic E-state index is 14.5. The maximum absolute atomic E-state index is 14.5. The highest BCUT2D eigenvalue weighted by Gasteiger charge is 2.16. The number of fused-ring (bicyclic) bond motifs is 1. The molecule has 0 saturated carbocycles. The quantitative estimate of drug-likeness (QED) is 0.701. The first-order chi connectivity index (χ1) is 13.6. The van der Waals surface area contributed by atoms with E-state index in [-0.39, 0.29) is 11.9 Å². The smallest absolute Gasteiger partial charge is 0.154 e. The van der Waals surface area contributed by atoms with E-state index in [0.29, 0.717) is 46.9 Å². The molecule has 146 valence electrons. The number of aromatic nitrogens is 3. The Morgan fingerprint density at radius 1 is 1.25 bits per heavy atom. The molecule has 0 amide bonds. The van der Waals surface area contributed by atoms with Crippen molar-refractivity contribution in [3.05, 3.63) is 42.5 Å². The summed E-state index contributed by atoms with van der Waals surface area (Å²) in [5.41, 5.74) is 3.25. The largest absolute Gasteiger partial charge is 0.375 e. The van der Waals surface area contributed by atoms with Gasteiger partial charge in [-0.2, -0.15) is 0 Å². The molecule has 0 aliphatic carbocycles. The van der Waals surface area contributed by atoms with Gasteiger partial charge < -0.3 is 20.3 Å². The van der Waals surface area contributed by atoms with Crippen LogP contribution in [0.2, 0.25) is 0 Å². The SMILES string of the molecule is CN(C)c1ccc(-c2cc3nccnc3c(NC[C@@H]3CNCCO3)n2)cc1F. The fourth-order valence-electron chi connectivity index (χ4n) is 3.23. The molecule has 1 aromatic carbocycles. The molecule has 0 spiro atoms. The minimum Gasteiger partial charge on any atom is -0.375 e. The second-order valence-electron chi connectivity index (χ2n) is 6.92. The first-order valence-electron chi connectivity index (χ1n) is 9.27. The molecular weight excluding hydrogens is 359 g/mol. The van der Waals surface area contributed by atoms with E-state index >= 15 is 0 Å². The number of ether oxygens (including phenoxy) is 1. The molecule has 8 heteroatoms. The van der Waals surface area contributed by atoms with Crippen LogP contribution < -0.4 is 15.5 Å². The zero-order chi connectivity index (χ0) is 19.5. The number of nitrogens with one attached hydrogen (secondary N) is 2. The topological polar surface area (TPSA) is 75.2 Å². The van der Waals surface area contributed by atoms with Crippen molar-refractivity contribution in [2.24, 2.45) is 0 Å². The highest BCUT2D eigenvalue weighted by molar-refractivity contribution is 5.88. The maximum Gasteiger partial charge on any atom is 0.154 e. The Labute approximate surface area is 163 Å². The van der Waals surface area contributed by atoms with Crippen LogP contribution in [0.25, 0.3) is 22.3 Å². The van der Waals surface area contributed by atoms with Gasteiger partial charge in [0, 0.05) is 51.7 Å². The average molecular weight is 382 g/mol. The van der Waals surface area contributed by atoms with E-state index in [2.05, 4.69) is 20.6 Å². The Morgan fingerprint density at radius 2 is 2.11 bits per heavy atom. The molecule has 28 heavy (non-hydrogen) atoms. The van der Waals surface area contributed by atoms with Crippen LogP contribution in [0.3, 0.4) is 0 Å². The van der Waals surface area contributed by atoms with Crippen LogP contribution in [-0.2, 0) is 4.74 Å². The highest BCUT2D eigenvalue weighted by atomic mass is 19.1. The number of benzene rings is 1. The fraction of sp³-hybridized carbons (Fsp3) is 0.350. The van der Waals surface area contributed by atoms with Crippen molar-refractivity contribution in [2.75, 3.05) is 50.6 Å². The molecule has 1 aliphatic rings. The molecule has 1 fully saturated rings. The van der Waals surface area contributed by atoms with Crippen LogP contribution in [-0.4, -0.2) is 61.4 Å². The van der Waals surface area contributed by atoms with E-state index in [4.69, 9.17) is 9.72 Å². The van der Waals surface area contributed by atoms with Gasteiger partial charge in [-0.05, 0) is 18.2 Å². The molecule has 1 aliphatic heterocycles. The predicted molar refractivity (Wildman–Crippen MR) is 108 cm³/mol. The van der Waals surface area contributed by atoms with Crippen molar-refractivity contribution < 1.29 is 9.13 Å². The zero-order valence-corrected chi connectivity index (χ0v) is 15.9. The molecule has 2 N–H and O–H groups in total. The fourth-order valence-corrected chi connectivity index (χ4v) is 3.23. The van der Waals surface area contributed by atoms with E-state index in [9.17, 15) is 4.39 Å². The minimum atomic E-state index is -0.292. The van der Waals surface area contributed by atoms with Crippen LogP contribution in [0.1, 0.15) is 0 Å². The first-order valence-corrected chi connectivity index (χ1v) is 9.27. The number of hydrogen-bond acceptors (Lipinski definition) is 7. The molecule has 1 atom stereocenters. The molecular formula is C20H23FN6O. The lowest BCUT2D eigenvalue weighted by Crippen LogP contribution is -2.42. The summed E-state index contributed by atoms with van der Waals surface area (Å²) < 4.78 is 20.2. The third-order valence-corrected chi connectivity index (χ3v) is 4.68. The molecule has 3 heterocycles. The van der Waals surface area contributed by atoms with Gasteiger partial charge in [0.2, 0.25) is 0 Å². The molecule has 0 bridgehead atoms. The molecule has 1 saturated heterocycles. The van der Waals surface area contributed by atoms with Crippen molar-refractivity contribution >= 4 is 22.5 Å². The van der Waals surface area contributed by atoms with Gasteiger partial charge in [-0.25, -0.2) is 14.4 Å². The number of nitrogens with zero attached hydrogens (tertiary/aromatic N) is 4. The zero-order valence-electron chi connectivity index (χ0n) is 15.9. The van der Waals surface area contributed by atoms with Gasteiger partial charge in [0.25, 0.3) is 0 Å². The normalized spacial score (nSPS) is 16.9. The lowest BCUT2D eigenvalue weighted by Gasteiger charge is -2.24. The predicted octanol–water partition coefficient (Wildman–Crippen LogP) is 2.30. The van der Waals surface area contributed by atoms with Crippen LogP contribution >= 0.6 is 0 Å². The molecule has 7 nitrogen and oxygen atoms in total. The summed E-state index contributed by atoms with van der Waals surface area (Å²) in [6, 6.07) is 6.94. The van der Waals surface area contributed by atoms with Crippen molar-refractivity contribution in [3.8, 4) is 11.3 Å². The Balaban J connectivity index is 1.68. The lowest BCUT2D eigenvalue weighted by molar-refractivity contribution is 0.0372. The summed E-state index contributed by atoms with van der Waals surface area (Å²) in [6.07, 6.45) is 3.33. The van der Waals surface area contributed by atoms with Gasteiger partial charge in [0.05, 0.1) is 29.6 Å². The Morgan fingerprint density at radius 3 is 2.86 bits per heavy atom. The van der Waals surface area contributed by atoms with Crippen LogP contribution in [0.5, 0.6) is 0 Å². The van der Waals surface area contributed by atoms with Gasteiger partial charge in [-0.1, -0.05) is 6.07 Å². The van der Waals surface area contributed by atoms with Crippen molar-refractivity contribution in [1.82, 2.24) is 20.3 Å². The summed E-state index contributed by atoms with van der Waals surface area (Å²) in [7, 11) is 3.62. The number of rotatable bonds is 5. The third kappa shape index (κ3) is 3.88. The van der Waals surface area contributed by atoms with Crippen molar-refractivity contribution in [1.29, 1.82) is 0 Å². The Kier molecular flexibility index (Phi) is 5.31. The second kappa shape index (κ2) is 8.04. The average Bonchev–Trinajstić information content (AvgIpc) is 2.72. The summed E-state index contributed by atoms with van der Waals surface area (Å²) >= 11 is 0. The number of anilines is 2. The van der Waals surface area contributed by atoms with E-state index in [1.807, 2.05) is 26.2 Å². The molecule has 0 radical (unpaired) electrons. The van der Waals surface area contributed by atoms with Crippen LogP contribution in [0, 0.1) is 5.82 Å². The monoisotopic (exact) mass is 382 g/mol. The Hall–Kier alpha value is -2.84. The van der Waals surface area contributed by atoms with Gasteiger partial charge >= 0.3 is 0 Å². The molecule has 0 unspecified atom stereocenters. The molecule has 4 rings (SSSR count). The third-order valence-electron chi connectivity index (χ3n) is 4.68. The number of morpholine rings is 1. The van der Waals surface area contributed by atoms with Gasteiger partial charge in [-0.3, -0.25) is 4.98 Å². The number of hydrogen-bond donors (Lipinski definition) is 2. The molecule has 2 aromatic heterocycles. The summed E-state index contributed by atoms with van der Waals surface area (Å²) in [6.45, 7) is 2.95. The van der Waals surface area contributed by atoms with Gasteiger partial charge in [0.1, 0.15) is 11.3 Å².